The van der Waals surface area contributed by atoms with E-state index in [2.05, 4.69) is 22.6 Å². The number of nitrogens with one attached hydrogen (secondary N) is 1. The summed E-state index contributed by atoms with van der Waals surface area (Å²) in [4.78, 5) is 12.3. The molecule has 4 heteroatoms. The Morgan fingerprint density at radius 3 is 3.11 bits per heavy atom. The highest BCUT2D eigenvalue weighted by Gasteiger charge is 2.27. The van der Waals surface area contributed by atoms with Crippen LogP contribution in [0.3, 0.4) is 0 Å². The molecule has 0 aromatic carbocycles. The number of carbonyl (C=O) groups is 1. The van der Waals surface area contributed by atoms with E-state index in [1.807, 2.05) is 17.9 Å². The SMILES string of the molecule is Cn1ncc2c1CCCC2NC(=O)C1CC=CCC1. The molecule has 2 aliphatic rings. The summed E-state index contributed by atoms with van der Waals surface area (Å²) in [6.07, 6.45) is 12.3. The summed E-state index contributed by atoms with van der Waals surface area (Å²) in [7, 11) is 1.98. The number of fused-ring (bicyclic) bond motifs is 1. The fourth-order valence-corrected chi connectivity index (χ4v) is 3.18. The van der Waals surface area contributed by atoms with E-state index in [0.717, 1.165) is 38.5 Å². The molecule has 2 atom stereocenters. The Kier molecular flexibility index (Phi) is 3.40. The van der Waals surface area contributed by atoms with Gasteiger partial charge in [-0.05, 0) is 38.5 Å². The molecule has 0 saturated heterocycles. The second kappa shape index (κ2) is 5.19. The Bertz CT molecular complexity index is 503. The number of aryl methyl sites for hydroxylation is 1. The van der Waals surface area contributed by atoms with Crippen LogP contribution >= 0.6 is 0 Å². The molecule has 102 valence electrons. The van der Waals surface area contributed by atoms with Gasteiger partial charge in [0.05, 0.1) is 12.2 Å². The zero-order valence-corrected chi connectivity index (χ0v) is 11.4. The summed E-state index contributed by atoms with van der Waals surface area (Å²) in [5.74, 6) is 0.373. The van der Waals surface area contributed by atoms with E-state index in [9.17, 15) is 4.79 Å². The predicted molar refractivity (Wildman–Crippen MR) is 73.5 cm³/mol. The zero-order chi connectivity index (χ0) is 13.2. The fourth-order valence-electron chi connectivity index (χ4n) is 3.18. The Balaban J connectivity index is 1.70. The molecule has 3 rings (SSSR count). The van der Waals surface area contributed by atoms with Crippen LogP contribution < -0.4 is 5.32 Å². The van der Waals surface area contributed by atoms with Crippen molar-refractivity contribution < 1.29 is 4.79 Å². The molecule has 0 spiro atoms. The lowest BCUT2D eigenvalue weighted by atomic mass is 9.90. The molecule has 0 aliphatic heterocycles. The highest BCUT2D eigenvalue weighted by Crippen LogP contribution is 2.30. The summed E-state index contributed by atoms with van der Waals surface area (Å²) in [5, 5.41) is 7.55. The number of allylic oxidation sites excluding steroid dienone is 2. The second-order valence-corrected chi connectivity index (χ2v) is 5.60. The number of carbonyl (C=O) groups excluding carboxylic acids is 1. The molecule has 0 fully saturated rings. The van der Waals surface area contributed by atoms with Crippen LogP contribution in [0.1, 0.15) is 49.4 Å². The van der Waals surface area contributed by atoms with E-state index in [-0.39, 0.29) is 17.9 Å². The Morgan fingerprint density at radius 1 is 1.42 bits per heavy atom. The quantitative estimate of drug-likeness (QED) is 0.828. The van der Waals surface area contributed by atoms with Crippen molar-refractivity contribution in [1.82, 2.24) is 15.1 Å². The number of hydrogen-bond acceptors (Lipinski definition) is 2. The van der Waals surface area contributed by atoms with Gasteiger partial charge in [0.2, 0.25) is 5.91 Å². The Morgan fingerprint density at radius 2 is 2.32 bits per heavy atom. The lowest BCUT2D eigenvalue weighted by Gasteiger charge is -2.26. The third-order valence-corrected chi connectivity index (χ3v) is 4.33. The Labute approximate surface area is 113 Å². The Hall–Kier alpha value is -1.58. The van der Waals surface area contributed by atoms with Gasteiger partial charge in [-0.1, -0.05) is 12.2 Å². The molecule has 19 heavy (non-hydrogen) atoms. The second-order valence-electron chi connectivity index (χ2n) is 5.60. The maximum Gasteiger partial charge on any atom is 0.223 e. The van der Waals surface area contributed by atoms with Crippen molar-refractivity contribution in [3.63, 3.8) is 0 Å². The normalized spacial score (nSPS) is 25.9. The zero-order valence-electron chi connectivity index (χ0n) is 11.4. The molecule has 1 aromatic rings. The first-order valence-electron chi connectivity index (χ1n) is 7.22. The first-order chi connectivity index (χ1) is 9.25. The molecule has 1 amide bonds. The molecule has 0 saturated carbocycles. The topological polar surface area (TPSA) is 46.9 Å². The number of nitrogens with zero attached hydrogens (tertiary/aromatic N) is 2. The molecular weight excluding hydrogens is 238 g/mol. The van der Waals surface area contributed by atoms with Gasteiger partial charge in [-0.25, -0.2) is 0 Å². The first kappa shape index (κ1) is 12.5. The van der Waals surface area contributed by atoms with Gasteiger partial charge >= 0.3 is 0 Å². The minimum Gasteiger partial charge on any atom is -0.349 e. The van der Waals surface area contributed by atoms with Gasteiger partial charge in [-0.15, -0.1) is 0 Å². The number of aromatic nitrogens is 2. The van der Waals surface area contributed by atoms with Crippen LogP contribution in [0.4, 0.5) is 0 Å². The van der Waals surface area contributed by atoms with E-state index >= 15 is 0 Å². The minimum absolute atomic E-state index is 0.159. The van der Waals surface area contributed by atoms with Gasteiger partial charge in [-0.2, -0.15) is 5.10 Å². The van der Waals surface area contributed by atoms with Crippen LogP contribution in [0.15, 0.2) is 18.3 Å². The van der Waals surface area contributed by atoms with Crippen molar-refractivity contribution in [2.24, 2.45) is 13.0 Å². The maximum atomic E-state index is 12.3. The summed E-state index contributed by atoms with van der Waals surface area (Å²) in [5.41, 5.74) is 2.49. The van der Waals surface area contributed by atoms with Crippen LogP contribution in [0.2, 0.25) is 0 Å². The van der Waals surface area contributed by atoms with Crippen molar-refractivity contribution in [3.8, 4) is 0 Å². The monoisotopic (exact) mass is 259 g/mol. The van der Waals surface area contributed by atoms with Crippen molar-refractivity contribution in [2.45, 2.75) is 44.6 Å². The van der Waals surface area contributed by atoms with E-state index in [0.29, 0.717) is 0 Å². The largest absolute Gasteiger partial charge is 0.349 e. The van der Waals surface area contributed by atoms with Gasteiger partial charge in [0, 0.05) is 24.2 Å². The molecule has 4 nitrogen and oxygen atoms in total. The van der Waals surface area contributed by atoms with Gasteiger partial charge < -0.3 is 5.32 Å². The third-order valence-electron chi connectivity index (χ3n) is 4.33. The van der Waals surface area contributed by atoms with Crippen LogP contribution in [0.25, 0.3) is 0 Å². The lowest BCUT2D eigenvalue weighted by Crippen LogP contribution is -2.35. The highest BCUT2D eigenvalue weighted by atomic mass is 16.1. The molecule has 1 N–H and O–H groups in total. The lowest BCUT2D eigenvalue weighted by molar-refractivity contribution is -0.126. The van der Waals surface area contributed by atoms with Crippen molar-refractivity contribution in [2.75, 3.05) is 0 Å². The van der Waals surface area contributed by atoms with Crippen LogP contribution in [-0.2, 0) is 18.3 Å². The van der Waals surface area contributed by atoms with Gasteiger partial charge in [0.1, 0.15) is 0 Å². The first-order valence-corrected chi connectivity index (χ1v) is 7.22. The van der Waals surface area contributed by atoms with Gasteiger partial charge in [0.25, 0.3) is 0 Å². The van der Waals surface area contributed by atoms with Crippen LogP contribution in [0, 0.1) is 5.92 Å². The van der Waals surface area contributed by atoms with Crippen molar-refractivity contribution >= 4 is 5.91 Å². The average molecular weight is 259 g/mol. The molecule has 0 bridgehead atoms. The van der Waals surface area contributed by atoms with Gasteiger partial charge in [-0.3, -0.25) is 9.48 Å². The van der Waals surface area contributed by atoms with Crippen LogP contribution in [0.5, 0.6) is 0 Å². The molecule has 1 heterocycles. The smallest absolute Gasteiger partial charge is 0.223 e. The number of hydrogen-bond donors (Lipinski definition) is 1. The van der Waals surface area contributed by atoms with E-state index in [1.54, 1.807) is 0 Å². The van der Waals surface area contributed by atoms with E-state index < -0.39 is 0 Å². The van der Waals surface area contributed by atoms with Crippen molar-refractivity contribution in [3.05, 3.63) is 29.6 Å². The fraction of sp³-hybridized carbons (Fsp3) is 0.600. The number of rotatable bonds is 2. The molecule has 1 aromatic heterocycles. The highest BCUT2D eigenvalue weighted by molar-refractivity contribution is 5.79. The van der Waals surface area contributed by atoms with E-state index in [4.69, 9.17) is 0 Å². The molecule has 2 aliphatic carbocycles. The summed E-state index contributed by atoms with van der Waals surface area (Å²) < 4.78 is 1.94. The molecule has 2 unspecified atom stereocenters. The molecular formula is C15H21N3O. The summed E-state index contributed by atoms with van der Waals surface area (Å²) >= 11 is 0. The summed E-state index contributed by atoms with van der Waals surface area (Å²) in [6, 6.07) is 0.163. The number of amides is 1. The minimum atomic E-state index is 0.159. The standard InChI is InChI=1S/C15H21N3O/c1-18-14-9-5-8-13(12(14)10-16-18)17-15(19)11-6-3-2-4-7-11/h2-3,10-11,13H,4-9H2,1H3,(H,17,19). The van der Waals surface area contributed by atoms with Gasteiger partial charge in [0.15, 0.2) is 0 Å². The van der Waals surface area contributed by atoms with Crippen molar-refractivity contribution in [1.29, 1.82) is 0 Å². The molecule has 0 radical (unpaired) electrons. The van der Waals surface area contributed by atoms with Crippen LogP contribution in [-0.4, -0.2) is 15.7 Å². The van der Waals surface area contributed by atoms with E-state index in [1.165, 1.54) is 11.3 Å². The maximum absolute atomic E-state index is 12.3. The third kappa shape index (κ3) is 2.44. The average Bonchev–Trinajstić information content (AvgIpc) is 2.83. The summed E-state index contributed by atoms with van der Waals surface area (Å²) in [6.45, 7) is 0. The predicted octanol–water partition coefficient (Wildman–Crippen LogP) is 2.27.